The summed E-state index contributed by atoms with van der Waals surface area (Å²) >= 11 is 0. The van der Waals surface area contributed by atoms with Gasteiger partial charge in [0.05, 0.1) is 29.8 Å². The number of aromatic carboxylic acids is 1. The summed E-state index contributed by atoms with van der Waals surface area (Å²) in [7, 11) is 0. The van der Waals surface area contributed by atoms with E-state index in [4.69, 9.17) is 15.1 Å². The lowest BCUT2D eigenvalue weighted by Crippen LogP contribution is -2.40. The lowest BCUT2D eigenvalue weighted by Gasteiger charge is -2.23. The maximum absolute atomic E-state index is 12.7. The van der Waals surface area contributed by atoms with Crippen LogP contribution in [0.4, 0.5) is 0 Å². The van der Waals surface area contributed by atoms with E-state index in [1.807, 2.05) is 20.8 Å². The Balaban J connectivity index is 1.99. The zero-order valence-corrected chi connectivity index (χ0v) is 16.2. The first-order valence-corrected chi connectivity index (χ1v) is 9.06. The van der Waals surface area contributed by atoms with Crippen molar-refractivity contribution in [2.24, 2.45) is 5.92 Å². The van der Waals surface area contributed by atoms with Crippen LogP contribution in [0, 0.1) is 17.2 Å². The topological polar surface area (TPSA) is 99.4 Å². The Morgan fingerprint density at radius 1 is 1.07 bits per heavy atom. The number of ether oxygens (including phenoxy) is 1. The number of hydrogen-bond donors (Lipinski definition) is 2. The molecular formula is C22H24N2O4. The van der Waals surface area contributed by atoms with Gasteiger partial charge < -0.3 is 15.2 Å². The van der Waals surface area contributed by atoms with Crippen LogP contribution in [0.15, 0.2) is 48.5 Å². The van der Waals surface area contributed by atoms with Gasteiger partial charge in [-0.1, -0.05) is 38.1 Å². The molecule has 28 heavy (non-hydrogen) atoms. The van der Waals surface area contributed by atoms with Crippen molar-refractivity contribution in [2.45, 2.75) is 39.5 Å². The van der Waals surface area contributed by atoms with Crippen molar-refractivity contribution in [1.29, 1.82) is 5.26 Å². The van der Waals surface area contributed by atoms with Crippen LogP contribution in [-0.4, -0.2) is 23.1 Å². The second kappa shape index (κ2) is 9.67. The number of rotatable bonds is 8. The molecule has 0 aromatic heterocycles. The van der Waals surface area contributed by atoms with Gasteiger partial charge in [-0.15, -0.1) is 0 Å². The van der Waals surface area contributed by atoms with Crippen LogP contribution in [0.25, 0.3) is 0 Å². The van der Waals surface area contributed by atoms with E-state index in [9.17, 15) is 9.59 Å². The minimum atomic E-state index is -0.987. The van der Waals surface area contributed by atoms with E-state index in [0.29, 0.717) is 5.56 Å². The van der Waals surface area contributed by atoms with Crippen molar-refractivity contribution in [1.82, 2.24) is 5.32 Å². The molecule has 0 bridgehead atoms. The largest absolute Gasteiger partial charge is 0.478 e. The predicted octanol–water partition coefficient (Wildman–Crippen LogP) is 3.68. The number of carbonyl (C=O) groups excluding carboxylic acids is 1. The smallest absolute Gasteiger partial charge is 0.335 e. The van der Waals surface area contributed by atoms with Gasteiger partial charge in [-0.3, -0.25) is 4.79 Å². The van der Waals surface area contributed by atoms with Crippen LogP contribution < -0.4 is 5.32 Å². The number of nitrogens with zero attached hydrogens (tertiary/aromatic N) is 1. The number of hydrogen-bond acceptors (Lipinski definition) is 4. The third-order valence-corrected chi connectivity index (χ3v) is 4.39. The highest BCUT2D eigenvalue weighted by Gasteiger charge is 2.24. The van der Waals surface area contributed by atoms with Crippen molar-refractivity contribution in [3.05, 3.63) is 70.8 Å². The minimum absolute atomic E-state index is 0.0278. The van der Waals surface area contributed by atoms with Crippen molar-refractivity contribution >= 4 is 11.9 Å². The molecule has 2 rings (SSSR count). The zero-order valence-electron chi connectivity index (χ0n) is 16.2. The summed E-state index contributed by atoms with van der Waals surface area (Å²) < 4.78 is 5.84. The molecule has 2 N–H and O–H groups in total. The highest BCUT2D eigenvalue weighted by Crippen LogP contribution is 2.17. The Bertz CT molecular complexity index is 852. The van der Waals surface area contributed by atoms with Gasteiger partial charge in [0.15, 0.2) is 0 Å². The molecule has 0 aliphatic carbocycles. The third kappa shape index (κ3) is 5.66. The molecule has 2 aromatic rings. The first-order chi connectivity index (χ1) is 13.3. The predicted molar refractivity (Wildman–Crippen MR) is 105 cm³/mol. The molecule has 1 amide bonds. The van der Waals surface area contributed by atoms with Crippen LogP contribution in [0.1, 0.15) is 53.9 Å². The summed E-state index contributed by atoms with van der Waals surface area (Å²) in [5, 5.41) is 20.7. The standard InChI is InChI=1S/C22H24N2O4/c1-14(2)20(28-13-17-6-4-16(12-23)5-7-17)21(25)24-15(3)18-8-10-19(11-9-18)22(26)27/h4-11,14-15,20H,13H2,1-3H3,(H,24,25)(H,26,27)/t15-,20+/m0/s1. The fourth-order valence-corrected chi connectivity index (χ4v) is 2.73. The van der Waals surface area contributed by atoms with Gasteiger partial charge in [0.2, 0.25) is 5.91 Å². The highest BCUT2D eigenvalue weighted by atomic mass is 16.5. The molecule has 2 aromatic carbocycles. The second-order valence-electron chi connectivity index (χ2n) is 6.94. The number of nitrogens with one attached hydrogen (secondary N) is 1. The number of benzene rings is 2. The first kappa shape index (κ1) is 21.1. The van der Waals surface area contributed by atoms with E-state index in [2.05, 4.69) is 11.4 Å². The number of amides is 1. The summed E-state index contributed by atoms with van der Waals surface area (Å²) in [5.41, 5.74) is 2.47. The number of carboxylic acids is 1. The van der Waals surface area contributed by atoms with Gasteiger partial charge in [0, 0.05) is 0 Å². The average Bonchev–Trinajstić information content (AvgIpc) is 2.68. The van der Waals surface area contributed by atoms with Crippen molar-refractivity contribution in [3.8, 4) is 6.07 Å². The molecule has 0 unspecified atom stereocenters. The van der Waals surface area contributed by atoms with E-state index < -0.39 is 12.1 Å². The molecular weight excluding hydrogens is 356 g/mol. The van der Waals surface area contributed by atoms with Gasteiger partial charge in [-0.05, 0) is 48.2 Å². The Morgan fingerprint density at radius 2 is 1.68 bits per heavy atom. The van der Waals surface area contributed by atoms with E-state index >= 15 is 0 Å². The lowest BCUT2D eigenvalue weighted by atomic mass is 10.0. The highest BCUT2D eigenvalue weighted by molar-refractivity contribution is 5.87. The first-order valence-electron chi connectivity index (χ1n) is 9.06. The van der Waals surface area contributed by atoms with Crippen LogP contribution in [0.3, 0.4) is 0 Å². The Morgan fingerprint density at radius 3 is 2.18 bits per heavy atom. The fourth-order valence-electron chi connectivity index (χ4n) is 2.73. The van der Waals surface area contributed by atoms with Gasteiger partial charge >= 0.3 is 5.97 Å². The van der Waals surface area contributed by atoms with Gasteiger partial charge in [0.25, 0.3) is 0 Å². The van der Waals surface area contributed by atoms with Crippen LogP contribution in [0.2, 0.25) is 0 Å². The summed E-state index contributed by atoms with van der Waals surface area (Å²) in [5.74, 6) is -1.24. The number of carbonyl (C=O) groups is 2. The summed E-state index contributed by atoms with van der Waals surface area (Å²) in [6, 6.07) is 15.2. The van der Waals surface area contributed by atoms with Crippen molar-refractivity contribution < 1.29 is 19.4 Å². The Labute approximate surface area is 164 Å². The second-order valence-corrected chi connectivity index (χ2v) is 6.94. The number of carboxylic acid groups (broad SMARTS) is 1. The van der Waals surface area contributed by atoms with Gasteiger partial charge in [-0.25, -0.2) is 4.79 Å². The Kier molecular flexibility index (Phi) is 7.30. The normalized spacial score (nSPS) is 12.8. The van der Waals surface area contributed by atoms with E-state index in [1.54, 1.807) is 36.4 Å². The SMILES string of the molecule is CC(C)[C@@H](OCc1ccc(C#N)cc1)C(=O)N[C@@H](C)c1ccc(C(=O)O)cc1. The van der Waals surface area contributed by atoms with Crippen LogP contribution in [-0.2, 0) is 16.1 Å². The van der Waals surface area contributed by atoms with E-state index in [1.165, 1.54) is 12.1 Å². The molecule has 0 saturated carbocycles. The molecule has 146 valence electrons. The third-order valence-electron chi connectivity index (χ3n) is 4.39. The molecule has 0 aliphatic heterocycles. The fraction of sp³-hybridized carbons (Fsp3) is 0.318. The van der Waals surface area contributed by atoms with E-state index in [-0.39, 0.29) is 30.0 Å². The molecule has 6 heteroatoms. The summed E-state index contributed by atoms with van der Waals surface area (Å²) in [4.78, 5) is 23.6. The molecule has 0 spiro atoms. The van der Waals surface area contributed by atoms with Crippen LogP contribution in [0.5, 0.6) is 0 Å². The maximum Gasteiger partial charge on any atom is 0.335 e. The van der Waals surface area contributed by atoms with Gasteiger partial charge in [0.1, 0.15) is 6.10 Å². The van der Waals surface area contributed by atoms with Crippen LogP contribution >= 0.6 is 0 Å². The summed E-state index contributed by atoms with van der Waals surface area (Å²) in [6.07, 6.45) is -0.628. The quantitative estimate of drug-likeness (QED) is 0.728. The molecule has 0 aliphatic rings. The van der Waals surface area contributed by atoms with Gasteiger partial charge in [-0.2, -0.15) is 5.26 Å². The monoisotopic (exact) mass is 380 g/mol. The molecule has 6 nitrogen and oxygen atoms in total. The number of nitriles is 1. The Hall–Kier alpha value is -3.17. The molecule has 0 fully saturated rings. The molecule has 0 heterocycles. The molecule has 0 saturated heterocycles. The van der Waals surface area contributed by atoms with Crippen molar-refractivity contribution in [3.63, 3.8) is 0 Å². The molecule has 0 radical (unpaired) electrons. The maximum atomic E-state index is 12.7. The van der Waals surface area contributed by atoms with Crippen molar-refractivity contribution in [2.75, 3.05) is 0 Å². The average molecular weight is 380 g/mol. The zero-order chi connectivity index (χ0) is 20.7. The lowest BCUT2D eigenvalue weighted by molar-refractivity contribution is -0.137. The molecule has 2 atom stereocenters. The minimum Gasteiger partial charge on any atom is -0.478 e. The summed E-state index contributed by atoms with van der Waals surface area (Å²) in [6.45, 7) is 5.93. The van der Waals surface area contributed by atoms with E-state index in [0.717, 1.165) is 11.1 Å².